The molecule has 0 aromatic carbocycles. The summed E-state index contributed by atoms with van der Waals surface area (Å²) < 4.78 is 1.75. The molecule has 2 N–H and O–H groups in total. The molecule has 0 bridgehead atoms. The lowest BCUT2D eigenvalue weighted by molar-refractivity contribution is -0.117. The van der Waals surface area contributed by atoms with Gasteiger partial charge in [0.25, 0.3) is 0 Å². The summed E-state index contributed by atoms with van der Waals surface area (Å²) in [5, 5.41) is 11.4. The van der Waals surface area contributed by atoms with Crippen LogP contribution in [0.4, 0.5) is 5.69 Å². The molecule has 2 aromatic heterocycles. The van der Waals surface area contributed by atoms with Crippen LogP contribution in [-0.4, -0.2) is 44.8 Å². The minimum atomic E-state index is -0.126. The molecule has 1 fully saturated rings. The van der Waals surface area contributed by atoms with Crippen molar-refractivity contribution in [1.29, 1.82) is 0 Å². The van der Waals surface area contributed by atoms with Crippen LogP contribution in [0.5, 0.6) is 0 Å². The summed E-state index contributed by atoms with van der Waals surface area (Å²) in [6.45, 7) is 2.82. The van der Waals surface area contributed by atoms with E-state index in [2.05, 4.69) is 20.7 Å². The molecule has 1 aliphatic heterocycles. The molecule has 3 heterocycles. The van der Waals surface area contributed by atoms with Gasteiger partial charge in [0.05, 0.1) is 23.6 Å². The van der Waals surface area contributed by atoms with Gasteiger partial charge in [-0.25, -0.2) is 4.98 Å². The van der Waals surface area contributed by atoms with Gasteiger partial charge in [-0.2, -0.15) is 16.9 Å². The van der Waals surface area contributed by atoms with Crippen molar-refractivity contribution in [2.24, 2.45) is 7.05 Å². The molecule has 1 atom stereocenters. The van der Waals surface area contributed by atoms with E-state index in [1.807, 2.05) is 20.0 Å². The highest BCUT2D eigenvalue weighted by molar-refractivity contribution is 7.99. The maximum atomic E-state index is 12.2. The van der Waals surface area contributed by atoms with Crippen molar-refractivity contribution < 1.29 is 4.79 Å². The second-order valence-corrected chi connectivity index (χ2v) is 6.02. The van der Waals surface area contributed by atoms with E-state index in [1.54, 1.807) is 22.6 Å². The van der Waals surface area contributed by atoms with Crippen molar-refractivity contribution in [3.05, 3.63) is 18.0 Å². The van der Waals surface area contributed by atoms with Crippen LogP contribution in [0.25, 0.3) is 11.0 Å². The predicted octanol–water partition coefficient (Wildman–Crippen LogP) is 0.920. The molecule has 0 saturated carbocycles. The van der Waals surface area contributed by atoms with Crippen molar-refractivity contribution in [1.82, 2.24) is 20.1 Å². The van der Waals surface area contributed by atoms with Crippen LogP contribution < -0.4 is 10.6 Å². The molecule has 1 aliphatic rings. The molecule has 3 rings (SSSR count). The molecular weight excluding hydrogens is 274 g/mol. The Hall–Kier alpha value is -1.60. The maximum Gasteiger partial charge on any atom is 0.242 e. The van der Waals surface area contributed by atoms with Crippen LogP contribution >= 0.6 is 11.8 Å². The lowest BCUT2D eigenvalue weighted by Crippen LogP contribution is -2.46. The maximum absolute atomic E-state index is 12.2. The number of anilines is 1. The third kappa shape index (κ3) is 2.51. The highest BCUT2D eigenvalue weighted by Gasteiger charge is 2.21. The van der Waals surface area contributed by atoms with Crippen LogP contribution in [0.15, 0.2) is 12.3 Å². The number of aromatic nitrogens is 3. The number of pyridine rings is 1. The number of aryl methyl sites for hydroxylation is 2. The third-order valence-electron chi connectivity index (χ3n) is 3.37. The van der Waals surface area contributed by atoms with E-state index in [-0.39, 0.29) is 11.9 Å². The summed E-state index contributed by atoms with van der Waals surface area (Å²) in [5.41, 5.74) is 2.46. The van der Waals surface area contributed by atoms with E-state index >= 15 is 0 Å². The number of amides is 1. The molecule has 20 heavy (non-hydrogen) atoms. The number of nitrogens with one attached hydrogen (secondary N) is 2. The zero-order valence-corrected chi connectivity index (χ0v) is 12.3. The van der Waals surface area contributed by atoms with Gasteiger partial charge in [0.15, 0.2) is 5.65 Å². The zero-order valence-electron chi connectivity index (χ0n) is 11.5. The first-order chi connectivity index (χ1) is 9.65. The molecule has 7 heteroatoms. The number of thioether (sulfide) groups is 1. The fraction of sp³-hybridized carbons (Fsp3) is 0.462. The molecule has 1 amide bonds. The van der Waals surface area contributed by atoms with Gasteiger partial charge in [-0.1, -0.05) is 0 Å². The fourth-order valence-corrected chi connectivity index (χ4v) is 3.27. The van der Waals surface area contributed by atoms with Crippen LogP contribution in [-0.2, 0) is 11.8 Å². The summed E-state index contributed by atoms with van der Waals surface area (Å²) in [6.07, 6.45) is 1.68. The van der Waals surface area contributed by atoms with Gasteiger partial charge in [-0.05, 0) is 13.0 Å². The van der Waals surface area contributed by atoms with Crippen molar-refractivity contribution in [3.8, 4) is 0 Å². The largest absolute Gasteiger partial charge is 0.323 e. The van der Waals surface area contributed by atoms with Crippen LogP contribution in [0.3, 0.4) is 0 Å². The summed E-state index contributed by atoms with van der Waals surface area (Å²) in [4.78, 5) is 16.5. The SMILES string of the molecule is Cc1nn(C)c2ncc(NC(=O)C3CSCCN3)cc12. The minimum absolute atomic E-state index is 0.0000987. The van der Waals surface area contributed by atoms with E-state index in [0.29, 0.717) is 0 Å². The van der Waals surface area contributed by atoms with Crippen LogP contribution in [0.2, 0.25) is 0 Å². The van der Waals surface area contributed by atoms with Crippen molar-refractivity contribution in [2.45, 2.75) is 13.0 Å². The topological polar surface area (TPSA) is 71.8 Å². The molecule has 1 unspecified atom stereocenters. The van der Waals surface area contributed by atoms with E-state index < -0.39 is 0 Å². The van der Waals surface area contributed by atoms with Crippen molar-refractivity contribution in [2.75, 3.05) is 23.4 Å². The average molecular weight is 291 g/mol. The average Bonchev–Trinajstić information content (AvgIpc) is 2.75. The minimum Gasteiger partial charge on any atom is -0.323 e. The van der Waals surface area contributed by atoms with E-state index in [4.69, 9.17) is 0 Å². The number of hydrogen-bond acceptors (Lipinski definition) is 5. The molecule has 0 aliphatic carbocycles. The Kier molecular flexibility index (Phi) is 3.62. The van der Waals surface area contributed by atoms with Gasteiger partial charge >= 0.3 is 0 Å². The van der Waals surface area contributed by atoms with Gasteiger partial charge in [-0.3, -0.25) is 9.48 Å². The molecular formula is C13H17N5OS. The predicted molar refractivity (Wildman–Crippen MR) is 81.0 cm³/mol. The third-order valence-corrected chi connectivity index (χ3v) is 4.43. The standard InChI is InChI=1S/C13H17N5OS/c1-8-10-5-9(6-15-12(10)18(2)17-8)16-13(19)11-7-20-4-3-14-11/h5-6,11,14H,3-4,7H2,1-2H3,(H,16,19). The zero-order chi connectivity index (χ0) is 14.1. The Morgan fingerprint density at radius 1 is 1.60 bits per heavy atom. The summed E-state index contributed by atoms with van der Waals surface area (Å²) >= 11 is 1.80. The second kappa shape index (κ2) is 5.41. The van der Waals surface area contributed by atoms with Crippen LogP contribution in [0.1, 0.15) is 5.69 Å². The quantitative estimate of drug-likeness (QED) is 0.861. The summed E-state index contributed by atoms with van der Waals surface area (Å²) in [6, 6.07) is 1.80. The first-order valence-electron chi connectivity index (χ1n) is 6.56. The number of hydrogen-bond donors (Lipinski definition) is 2. The molecule has 106 valence electrons. The number of carbonyl (C=O) groups is 1. The van der Waals surface area contributed by atoms with Gasteiger partial charge in [0.2, 0.25) is 5.91 Å². The first kappa shape index (κ1) is 13.4. The monoisotopic (exact) mass is 291 g/mol. The Morgan fingerprint density at radius 3 is 3.20 bits per heavy atom. The number of carbonyl (C=O) groups excluding carboxylic acids is 1. The fourth-order valence-electron chi connectivity index (χ4n) is 2.34. The van der Waals surface area contributed by atoms with Crippen molar-refractivity contribution >= 4 is 34.4 Å². The molecule has 1 saturated heterocycles. The molecule has 0 spiro atoms. The van der Waals surface area contributed by atoms with Gasteiger partial charge < -0.3 is 10.6 Å². The molecule has 2 aromatic rings. The molecule has 6 nitrogen and oxygen atoms in total. The lowest BCUT2D eigenvalue weighted by Gasteiger charge is -2.22. The first-order valence-corrected chi connectivity index (χ1v) is 7.72. The second-order valence-electron chi connectivity index (χ2n) is 4.88. The lowest BCUT2D eigenvalue weighted by atomic mass is 10.2. The highest BCUT2D eigenvalue weighted by atomic mass is 32.2. The summed E-state index contributed by atoms with van der Waals surface area (Å²) in [5.74, 6) is 1.87. The smallest absolute Gasteiger partial charge is 0.242 e. The highest BCUT2D eigenvalue weighted by Crippen LogP contribution is 2.19. The van der Waals surface area contributed by atoms with Gasteiger partial charge in [0, 0.05) is 30.5 Å². The Morgan fingerprint density at radius 2 is 2.45 bits per heavy atom. The van der Waals surface area contributed by atoms with Crippen LogP contribution in [0, 0.1) is 6.92 Å². The van der Waals surface area contributed by atoms with Gasteiger partial charge in [-0.15, -0.1) is 0 Å². The Balaban J connectivity index is 1.80. The van der Waals surface area contributed by atoms with Crippen molar-refractivity contribution in [3.63, 3.8) is 0 Å². The van der Waals surface area contributed by atoms with E-state index in [9.17, 15) is 4.79 Å². The van der Waals surface area contributed by atoms with Gasteiger partial charge in [0.1, 0.15) is 0 Å². The Labute approximate surface area is 121 Å². The van der Waals surface area contributed by atoms with E-state index in [0.717, 1.165) is 40.5 Å². The summed E-state index contributed by atoms with van der Waals surface area (Å²) in [7, 11) is 1.86. The normalized spacial score (nSPS) is 19.2. The van der Waals surface area contributed by atoms with E-state index in [1.165, 1.54) is 0 Å². The Bertz CT molecular complexity index is 647. The number of fused-ring (bicyclic) bond motifs is 1. The molecule has 0 radical (unpaired) electrons. The number of rotatable bonds is 2. The number of nitrogens with zero attached hydrogens (tertiary/aromatic N) is 3.